The van der Waals surface area contributed by atoms with E-state index in [1.54, 1.807) is 38.1 Å². The Labute approximate surface area is 448 Å². The quantitative estimate of drug-likeness (QED) is 0.0219. The van der Waals surface area contributed by atoms with E-state index in [4.69, 9.17) is 39.8 Å². The first kappa shape index (κ1) is 67.0. The number of nitrogens with one attached hydrogen (secondary N) is 9. The van der Waals surface area contributed by atoms with Crippen molar-refractivity contribution in [2.24, 2.45) is 68.1 Å². The predicted molar refractivity (Wildman–Crippen MR) is 294 cm³/mol. The number of unbranched alkanes of at least 4 members (excludes halogenated alkanes) is 1. The summed E-state index contributed by atoms with van der Waals surface area (Å²) in [7, 11) is 0. The highest BCUT2D eigenvalue weighted by Crippen LogP contribution is 2.14. The Morgan fingerprint density at radius 1 is 0.487 bits per heavy atom. The minimum absolute atomic E-state index is 0.0259. The second kappa shape index (κ2) is 35.3. The lowest BCUT2D eigenvalue weighted by Gasteiger charge is -2.29. The Bertz CT molecular complexity index is 2110. The van der Waals surface area contributed by atoms with Gasteiger partial charge in [-0.3, -0.25) is 53.8 Å². The smallest absolute Gasteiger partial charge is 0.243 e. The van der Waals surface area contributed by atoms with Gasteiger partial charge in [0, 0.05) is 32.1 Å². The number of nitrogens with two attached hydrogens (primary N) is 6. The van der Waals surface area contributed by atoms with Crippen molar-refractivity contribution in [3.8, 4) is 0 Å². The van der Waals surface area contributed by atoms with Gasteiger partial charge in [0.15, 0.2) is 11.9 Å². The number of aliphatic imine (C=N–C) groups is 2. The molecule has 1 aromatic carbocycles. The van der Waals surface area contributed by atoms with Crippen LogP contribution in [0, 0.1) is 29.1 Å². The van der Waals surface area contributed by atoms with Crippen LogP contribution >= 0.6 is 0 Å². The summed E-state index contributed by atoms with van der Waals surface area (Å²) in [5.74, 6) is -6.19. The monoisotopic (exact) mass is 1070 g/mol. The van der Waals surface area contributed by atoms with Crippen molar-refractivity contribution in [1.82, 2.24) is 42.5 Å². The number of guanidine groups is 2. The second-order valence-corrected chi connectivity index (χ2v) is 20.7. The molecule has 0 aliphatic carbocycles. The molecule has 0 radical (unpaired) electrons. The van der Waals surface area contributed by atoms with E-state index in [2.05, 4.69) is 52.5 Å². The summed E-state index contributed by atoms with van der Waals surface area (Å²) in [6, 6.07) is -1.26. The van der Waals surface area contributed by atoms with Crippen LogP contribution < -0.4 is 76.9 Å². The minimum Gasteiger partial charge on any atom is -0.384 e. The third kappa shape index (κ3) is 27.5. The zero-order valence-electron chi connectivity index (χ0n) is 46.2. The fraction of sp³-hybridized carbons (Fsp3) is 0.667. The molecule has 25 heteroatoms. The average molecular weight is 1070 g/mol. The molecule has 0 heterocycles. The summed E-state index contributed by atoms with van der Waals surface area (Å²) < 4.78 is 0. The lowest BCUT2D eigenvalue weighted by molar-refractivity contribution is -0.136. The van der Waals surface area contributed by atoms with Crippen LogP contribution in [-0.4, -0.2) is 127 Å². The van der Waals surface area contributed by atoms with Crippen LogP contribution in [-0.2, 0) is 44.9 Å². The number of benzene rings is 1. The second-order valence-electron chi connectivity index (χ2n) is 20.7. The summed E-state index contributed by atoms with van der Waals surface area (Å²) in [5, 5.41) is 29.8. The Morgan fingerprint density at radius 2 is 0.855 bits per heavy atom. The van der Waals surface area contributed by atoms with Crippen LogP contribution in [0.2, 0.25) is 0 Å². The number of amides is 8. The summed E-state index contributed by atoms with van der Waals surface area (Å²) in [6.45, 7) is 16.6. The average Bonchev–Trinajstić information content (AvgIpc) is 3.32. The molecule has 0 spiro atoms. The SMILES string of the molecule is CC(=O)N[C@@H](CC(C)C)C(=O)N[C@@H](CC(C)C)C(=O)N[C@@H](CC(C)C)C(=O)N[C@@H](CCCN=C(N)N)C(=O)N[C@@H](CCCN=C(N)N)C(=O)N[C@H](C(=O)N[C@@H](CCCCN)C(=O)NCc1ccc(C(=N)N)cc1)C(C)C. The minimum atomic E-state index is -1.31. The highest BCUT2D eigenvalue weighted by molar-refractivity contribution is 5.98. The topological polar surface area (TPSA) is 437 Å². The number of hydrogen-bond donors (Lipinski definition) is 15. The molecule has 1 rings (SSSR count). The van der Waals surface area contributed by atoms with Crippen LogP contribution in [0.5, 0.6) is 0 Å². The van der Waals surface area contributed by atoms with Crippen molar-refractivity contribution in [2.75, 3.05) is 19.6 Å². The third-order valence-corrected chi connectivity index (χ3v) is 11.8. The number of nitrogen functional groups attached to an aromatic ring is 1. The molecule has 0 aliphatic heterocycles. The van der Waals surface area contributed by atoms with E-state index < -0.39 is 95.5 Å². The lowest BCUT2D eigenvalue weighted by Crippen LogP contribution is -2.60. The van der Waals surface area contributed by atoms with Gasteiger partial charge in [0.1, 0.15) is 48.1 Å². The van der Waals surface area contributed by atoms with Gasteiger partial charge in [-0.15, -0.1) is 0 Å². The van der Waals surface area contributed by atoms with E-state index in [1.165, 1.54) is 6.92 Å². The molecule has 76 heavy (non-hydrogen) atoms. The molecule has 0 aromatic heterocycles. The van der Waals surface area contributed by atoms with E-state index in [9.17, 15) is 38.4 Å². The van der Waals surface area contributed by atoms with Crippen LogP contribution in [0.25, 0.3) is 0 Å². The Kier molecular flexibility index (Phi) is 31.1. The maximum Gasteiger partial charge on any atom is 0.243 e. The molecule has 0 saturated carbocycles. The van der Waals surface area contributed by atoms with Crippen molar-refractivity contribution < 1.29 is 38.4 Å². The molecule has 0 bridgehead atoms. The number of nitrogens with zero attached hydrogens (tertiary/aromatic N) is 2. The molecule has 7 atom stereocenters. The number of carbonyl (C=O) groups excluding carboxylic acids is 8. The van der Waals surface area contributed by atoms with Gasteiger partial charge in [-0.2, -0.15) is 0 Å². The number of carbonyl (C=O) groups is 8. The maximum absolute atomic E-state index is 14.4. The molecule has 428 valence electrons. The first-order chi connectivity index (χ1) is 35.6. The Morgan fingerprint density at radius 3 is 1.24 bits per heavy atom. The highest BCUT2D eigenvalue weighted by atomic mass is 16.2. The van der Waals surface area contributed by atoms with E-state index in [1.807, 2.05) is 41.5 Å². The zero-order valence-corrected chi connectivity index (χ0v) is 46.2. The van der Waals surface area contributed by atoms with Gasteiger partial charge in [0.05, 0.1) is 0 Å². The van der Waals surface area contributed by atoms with E-state index in [0.29, 0.717) is 31.4 Å². The molecule has 0 saturated heterocycles. The zero-order chi connectivity index (χ0) is 57.7. The fourth-order valence-corrected chi connectivity index (χ4v) is 7.91. The molecular weight excluding hydrogens is 979 g/mol. The summed E-state index contributed by atoms with van der Waals surface area (Å²) in [6.07, 6.45) is 2.31. The van der Waals surface area contributed by atoms with E-state index in [-0.39, 0.29) is 100 Å². The van der Waals surface area contributed by atoms with Crippen molar-refractivity contribution in [2.45, 2.75) is 175 Å². The molecule has 0 aliphatic rings. The molecule has 0 fully saturated rings. The first-order valence-corrected chi connectivity index (χ1v) is 26.3. The Balaban J connectivity index is 3.56. The number of rotatable bonds is 36. The first-order valence-electron chi connectivity index (χ1n) is 26.3. The van der Waals surface area contributed by atoms with Crippen LogP contribution in [0.3, 0.4) is 0 Å². The molecule has 8 amide bonds. The van der Waals surface area contributed by atoms with Gasteiger partial charge in [-0.1, -0.05) is 79.7 Å². The molecule has 25 nitrogen and oxygen atoms in total. The molecule has 1 aromatic rings. The molecule has 0 unspecified atom stereocenters. The van der Waals surface area contributed by atoms with Crippen LogP contribution in [0.4, 0.5) is 0 Å². The van der Waals surface area contributed by atoms with Crippen molar-refractivity contribution in [3.05, 3.63) is 35.4 Å². The summed E-state index contributed by atoms with van der Waals surface area (Å²) in [4.78, 5) is 118. The van der Waals surface area contributed by atoms with Gasteiger partial charge < -0.3 is 76.9 Å². The summed E-state index contributed by atoms with van der Waals surface area (Å²) in [5.41, 5.74) is 34.8. The van der Waals surface area contributed by atoms with Gasteiger partial charge >= 0.3 is 0 Å². The highest BCUT2D eigenvalue weighted by Gasteiger charge is 2.35. The van der Waals surface area contributed by atoms with Crippen molar-refractivity contribution in [3.63, 3.8) is 0 Å². The van der Waals surface area contributed by atoms with Gasteiger partial charge in [-0.25, -0.2) is 0 Å². The fourth-order valence-electron chi connectivity index (χ4n) is 7.91. The number of hydrogen-bond acceptors (Lipinski definition) is 12. The van der Waals surface area contributed by atoms with E-state index >= 15 is 0 Å². The van der Waals surface area contributed by atoms with Crippen LogP contribution in [0.1, 0.15) is 138 Å². The van der Waals surface area contributed by atoms with Gasteiger partial charge in [-0.05, 0) is 100.0 Å². The van der Waals surface area contributed by atoms with Crippen molar-refractivity contribution >= 4 is 65.0 Å². The van der Waals surface area contributed by atoms with Crippen LogP contribution in [0.15, 0.2) is 34.3 Å². The predicted octanol–water partition coefficient (Wildman–Crippen LogP) is -0.969. The van der Waals surface area contributed by atoms with Crippen molar-refractivity contribution in [1.29, 1.82) is 5.41 Å². The van der Waals surface area contributed by atoms with E-state index in [0.717, 1.165) is 5.56 Å². The number of amidine groups is 1. The standard InChI is InChI=1S/C51H91N17O8/c1-28(2)24-38(62-32(9)69)46(73)66-40(26-30(5)6)48(75)67-39(25-29(3)4)47(74)64-36(15-12-22-59-50(55)56)44(71)63-37(16-13-23-60-51(57)58)45(72)68-41(31(7)8)49(76)65-35(14-10-11-21-52)43(70)61-27-33-17-19-34(20-18-33)42(53)54/h17-20,28-31,35-41H,10-16,21-27,52H2,1-9H3,(H3,53,54)(H,61,70)(H,62,69)(H,63,71)(H,64,74)(H,65,76)(H,66,73)(H,67,75)(H,68,72)(H4,55,56,59)(H4,57,58,60)/t35-,36-,37-,38-,39-,40-,41-/m0/s1. The largest absolute Gasteiger partial charge is 0.384 e. The third-order valence-electron chi connectivity index (χ3n) is 11.8. The normalized spacial score (nSPS) is 13.9. The molecular formula is C51H91N17O8. The lowest BCUT2D eigenvalue weighted by atomic mass is 9.98. The maximum atomic E-state index is 14.4. The van der Waals surface area contributed by atoms with Gasteiger partial charge in [0.25, 0.3) is 0 Å². The Hall–Kier alpha value is -7.05. The summed E-state index contributed by atoms with van der Waals surface area (Å²) >= 11 is 0. The molecule has 21 N–H and O–H groups in total. The van der Waals surface area contributed by atoms with Gasteiger partial charge in [0.2, 0.25) is 47.3 Å².